The van der Waals surface area contributed by atoms with Crippen molar-refractivity contribution in [1.29, 1.82) is 0 Å². The second-order valence-electron chi connectivity index (χ2n) is 19.0. The molecule has 16 nitrogen and oxygen atoms in total. The monoisotopic (exact) mass is 1030 g/mol. The maximum Gasteiger partial charge on any atom is 0.415 e. The molecule has 19 heteroatoms. The largest absolute Gasteiger partial charge is 0.415 e. The summed E-state index contributed by atoms with van der Waals surface area (Å²) in [6.45, 7) is 31.1. The third-order valence-corrected chi connectivity index (χ3v) is 13.4. The molecule has 0 amide bonds. The van der Waals surface area contributed by atoms with Crippen LogP contribution in [0.1, 0.15) is 52.2 Å². The van der Waals surface area contributed by atoms with Crippen LogP contribution in [-0.4, -0.2) is 68.9 Å². The van der Waals surface area contributed by atoms with Crippen molar-refractivity contribution in [3.63, 3.8) is 0 Å². The molecule has 0 fully saturated rings. The van der Waals surface area contributed by atoms with Crippen molar-refractivity contribution in [2.75, 3.05) is 0 Å². The molecule has 0 spiro atoms. The number of fused-ring (bicyclic) bond motifs is 6. The number of aryl methyl sites for hydroxylation is 8. The number of alkyl halides is 3. The number of hydrogen-bond donors (Lipinski definition) is 0. The van der Waals surface area contributed by atoms with E-state index in [9.17, 15) is 13.2 Å². The van der Waals surface area contributed by atoms with Crippen LogP contribution in [0.15, 0.2) is 103 Å². The van der Waals surface area contributed by atoms with E-state index in [-0.39, 0.29) is 22.5 Å². The lowest BCUT2D eigenvalue weighted by molar-refractivity contribution is -0.137. The van der Waals surface area contributed by atoms with E-state index in [1.165, 1.54) is 6.07 Å². The molecule has 0 saturated carbocycles. The Morgan fingerprint density at radius 3 is 0.974 bits per heavy atom. The lowest BCUT2D eigenvalue weighted by atomic mass is 9.98. The average Bonchev–Trinajstić information content (AvgIpc) is 4.14. The van der Waals surface area contributed by atoms with Crippen LogP contribution in [-0.2, 0) is 6.18 Å². The minimum absolute atomic E-state index is 0.0214. The second-order valence-corrected chi connectivity index (χ2v) is 19.0. The fourth-order valence-electron chi connectivity index (χ4n) is 10.3. The first kappa shape index (κ1) is 48.7. The summed E-state index contributed by atoms with van der Waals surface area (Å²) in [7, 11) is 0. The molecule has 6 heterocycles. The topological polar surface area (TPSA) is 173 Å². The summed E-state index contributed by atoms with van der Waals surface area (Å²) < 4.78 is 48.5. The van der Waals surface area contributed by atoms with Crippen molar-refractivity contribution in [1.82, 2.24) is 68.9 Å². The fraction of sp³-hybridized carbons (Fsp3) is 0.153. The predicted molar refractivity (Wildman–Crippen MR) is 291 cm³/mol. The van der Waals surface area contributed by atoms with Crippen LogP contribution in [0.4, 0.5) is 24.5 Å². The molecule has 12 aromatic rings. The third-order valence-electron chi connectivity index (χ3n) is 13.4. The maximum atomic E-state index is 14.8. The van der Waals surface area contributed by atoms with E-state index in [1.54, 1.807) is 67.5 Å². The Bertz CT molecular complexity index is 4340. The van der Waals surface area contributed by atoms with E-state index in [4.69, 9.17) is 53.0 Å². The SMILES string of the molecule is [C-]#[N+]c1cc(-c2cc(-n3c4cc(-c5nc(C)nc(C)n5)ccc4c4ccc(-c5nc(C)nc(C)n5)cc43)c(-n3c4cc(-c5nc(C)nc(C)n5)ccc4c4ccc(-c5nc(C)nc(C)n5)cc43)cc2[N+]#[C-])cc(C(F)(F)F)c1. The van der Waals surface area contributed by atoms with Crippen LogP contribution >= 0.6 is 0 Å². The lowest BCUT2D eigenvalue weighted by Crippen LogP contribution is -2.06. The molecule has 378 valence electrons. The van der Waals surface area contributed by atoms with Crippen LogP contribution in [0.25, 0.3) is 121 Å². The summed E-state index contributed by atoms with van der Waals surface area (Å²) in [6.07, 6.45) is -4.81. The van der Waals surface area contributed by atoms with Gasteiger partial charge >= 0.3 is 6.18 Å². The molecule has 0 unspecified atom stereocenters. The highest BCUT2D eigenvalue weighted by atomic mass is 19.4. The van der Waals surface area contributed by atoms with Gasteiger partial charge in [0.2, 0.25) is 0 Å². The first-order chi connectivity index (χ1) is 37.4. The van der Waals surface area contributed by atoms with Crippen LogP contribution in [0.5, 0.6) is 0 Å². The molecule has 0 atom stereocenters. The zero-order valence-corrected chi connectivity index (χ0v) is 43.1. The van der Waals surface area contributed by atoms with Gasteiger partial charge in [-0.2, -0.15) is 13.2 Å². The van der Waals surface area contributed by atoms with Crippen molar-refractivity contribution in [2.24, 2.45) is 0 Å². The molecule has 78 heavy (non-hydrogen) atoms. The molecule has 12 rings (SSSR count). The Hall–Kier alpha value is -10.3. The van der Waals surface area contributed by atoms with Crippen LogP contribution in [0, 0.1) is 68.5 Å². The molecule has 6 aromatic carbocycles. The van der Waals surface area contributed by atoms with Gasteiger partial charge in [0.15, 0.2) is 34.7 Å². The first-order valence-electron chi connectivity index (χ1n) is 24.5. The number of hydrogen-bond acceptors (Lipinski definition) is 12. The predicted octanol–water partition coefficient (Wildman–Crippen LogP) is 13.5. The smallest absolute Gasteiger partial charge is 0.308 e. The van der Waals surface area contributed by atoms with E-state index >= 15 is 0 Å². The Labute approximate surface area is 443 Å². The Balaban J connectivity index is 1.28. The standard InChI is InChI=1S/C59H41F3N16/c1-28-65-29(2)70-55(69-28)36-11-15-43-44-16-12-37(56-71-30(3)66-31(4)72-56)22-50(44)77(49(43)21-36)53-26-47(40-19-41(59(60,61)62)25-42(20-40)63-9)48(64-10)27-54(53)78-51-23-38(57-73-32(5)67-33(6)74-57)13-17-45(51)46-18-14-39(24-52(46)78)58-75-34(7)68-35(8)76-58/h11-27H,1-8H3. The average molecular weight is 1030 g/mol. The summed E-state index contributed by atoms with van der Waals surface area (Å²) in [4.78, 5) is 63.2. The van der Waals surface area contributed by atoms with Gasteiger partial charge in [0.1, 0.15) is 46.6 Å². The highest BCUT2D eigenvalue weighted by molar-refractivity contribution is 6.14. The number of aromatic nitrogens is 14. The summed E-state index contributed by atoms with van der Waals surface area (Å²) in [5, 5.41) is 3.29. The van der Waals surface area contributed by atoms with Crippen molar-refractivity contribution in [2.45, 2.75) is 61.6 Å². The first-order valence-corrected chi connectivity index (χ1v) is 24.5. The summed E-state index contributed by atoms with van der Waals surface area (Å²) in [5.41, 5.74) is 5.26. The molecular formula is C59H41F3N16. The van der Waals surface area contributed by atoms with E-state index in [0.29, 0.717) is 126 Å². The molecule has 0 radical (unpaired) electrons. The lowest BCUT2D eigenvalue weighted by Gasteiger charge is -2.21. The van der Waals surface area contributed by atoms with Crippen molar-refractivity contribution in [3.05, 3.63) is 178 Å². The molecule has 6 aromatic heterocycles. The third kappa shape index (κ3) is 8.53. The molecule has 0 saturated heterocycles. The van der Waals surface area contributed by atoms with Crippen molar-refractivity contribution in [3.8, 4) is 68.1 Å². The molecule has 0 N–H and O–H groups in total. The Morgan fingerprint density at radius 1 is 0.359 bits per heavy atom. The van der Waals surface area contributed by atoms with Gasteiger partial charge in [-0.25, -0.2) is 69.5 Å². The Morgan fingerprint density at radius 2 is 0.679 bits per heavy atom. The van der Waals surface area contributed by atoms with E-state index < -0.39 is 11.7 Å². The number of nitrogens with zero attached hydrogens (tertiary/aromatic N) is 16. The van der Waals surface area contributed by atoms with Gasteiger partial charge in [-0.05, 0) is 121 Å². The normalized spacial score (nSPS) is 11.8. The van der Waals surface area contributed by atoms with Crippen LogP contribution < -0.4 is 0 Å². The molecule has 0 aliphatic rings. The van der Waals surface area contributed by atoms with Gasteiger partial charge in [-0.1, -0.05) is 48.5 Å². The van der Waals surface area contributed by atoms with E-state index in [2.05, 4.69) is 29.6 Å². The Kier molecular flexibility index (Phi) is 11.4. The van der Waals surface area contributed by atoms with Gasteiger partial charge in [0.25, 0.3) is 0 Å². The van der Waals surface area contributed by atoms with Crippen LogP contribution in [0.3, 0.4) is 0 Å². The number of rotatable bonds is 7. The highest BCUT2D eigenvalue weighted by Gasteiger charge is 2.32. The van der Waals surface area contributed by atoms with Gasteiger partial charge in [-0.3, -0.25) is 0 Å². The van der Waals surface area contributed by atoms with E-state index in [1.807, 2.05) is 81.9 Å². The molecular weight excluding hydrogens is 990 g/mol. The van der Waals surface area contributed by atoms with Gasteiger partial charge < -0.3 is 9.13 Å². The number of halogens is 3. The zero-order valence-electron chi connectivity index (χ0n) is 43.1. The molecule has 0 bridgehead atoms. The second kappa shape index (κ2) is 18.2. The fourth-order valence-corrected chi connectivity index (χ4v) is 10.3. The van der Waals surface area contributed by atoms with Gasteiger partial charge in [0.05, 0.1) is 46.6 Å². The summed E-state index contributed by atoms with van der Waals surface area (Å²) >= 11 is 0. The zero-order chi connectivity index (χ0) is 54.5. The molecule has 0 aliphatic carbocycles. The minimum atomic E-state index is -4.81. The van der Waals surface area contributed by atoms with E-state index in [0.717, 1.165) is 33.7 Å². The van der Waals surface area contributed by atoms with Crippen molar-refractivity contribution >= 4 is 55.0 Å². The molecule has 0 aliphatic heterocycles. The number of benzene rings is 6. The quantitative estimate of drug-likeness (QED) is 0.138. The van der Waals surface area contributed by atoms with Crippen molar-refractivity contribution < 1.29 is 13.2 Å². The maximum absolute atomic E-state index is 14.8. The summed E-state index contributed by atoms with van der Waals surface area (Å²) in [6, 6.07) is 30.3. The van der Waals surface area contributed by atoms with Crippen LogP contribution in [0.2, 0.25) is 0 Å². The van der Waals surface area contributed by atoms with Gasteiger partial charge in [0, 0.05) is 49.4 Å². The van der Waals surface area contributed by atoms with Gasteiger partial charge in [-0.15, -0.1) is 0 Å². The summed E-state index contributed by atoms with van der Waals surface area (Å²) in [5.74, 6) is 6.04. The minimum Gasteiger partial charge on any atom is -0.308 e. The highest BCUT2D eigenvalue weighted by Crippen LogP contribution is 2.46.